The summed E-state index contributed by atoms with van der Waals surface area (Å²) in [5.41, 5.74) is 7.06. The molecule has 2 fully saturated rings. The van der Waals surface area contributed by atoms with Crippen molar-refractivity contribution in [3.63, 3.8) is 0 Å². The molecule has 5 heteroatoms. The minimum absolute atomic E-state index is 0.0935. The van der Waals surface area contributed by atoms with Crippen molar-refractivity contribution in [2.75, 3.05) is 6.54 Å². The molecule has 5 nitrogen and oxygen atoms in total. The molecule has 2 atom stereocenters. The highest BCUT2D eigenvalue weighted by atomic mass is 16.2. The number of hydrogen-bond acceptors (Lipinski definition) is 3. The molecule has 1 aromatic heterocycles. The minimum Gasteiger partial charge on any atom is -0.344 e. The molecule has 1 aliphatic carbocycles. The third-order valence-electron chi connectivity index (χ3n) is 3.99. The second-order valence-electron chi connectivity index (χ2n) is 5.50. The molecule has 18 heavy (non-hydrogen) atoms. The van der Waals surface area contributed by atoms with Crippen LogP contribution in [0.4, 0.5) is 0 Å². The van der Waals surface area contributed by atoms with Gasteiger partial charge in [0, 0.05) is 18.4 Å². The summed E-state index contributed by atoms with van der Waals surface area (Å²) in [5.74, 6) is 1.42. The van der Waals surface area contributed by atoms with Gasteiger partial charge in [-0.3, -0.25) is 4.79 Å². The summed E-state index contributed by atoms with van der Waals surface area (Å²) in [7, 11) is 0. The molecule has 1 saturated heterocycles. The molecule has 0 bridgehead atoms. The lowest BCUT2D eigenvalue weighted by Crippen LogP contribution is -2.44. The molecule has 0 radical (unpaired) electrons. The number of H-pyrrole nitrogens is 1. The average molecular weight is 248 g/mol. The summed E-state index contributed by atoms with van der Waals surface area (Å²) >= 11 is 0. The van der Waals surface area contributed by atoms with E-state index in [1.54, 1.807) is 0 Å². The Labute approximate surface area is 107 Å². The number of rotatable bonds is 3. The molecular weight excluding hydrogens is 228 g/mol. The zero-order valence-corrected chi connectivity index (χ0v) is 10.7. The Morgan fingerprint density at radius 3 is 2.94 bits per heavy atom. The van der Waals surface area contributed by atoms with Gasteiger partial charge in [0.15, 0.2) is 0 Å². The summed E-state index contributed by atoms with van der Waals surface area (Å²) in [4.78, 5) is 21.9. The maximum Gasteiger partial charge on any atom is 0.240 e. The third-order valence-corrected chi connectivity index (χ3v) is 3.99. The van der Waals surface area contributed by atoms with Gasteiger partial charge in [0.2, 0.25) is 5.91 Å². The maximum absolute atomic E-state index is 12.4. The minimum atomic E-state index is -0.304. The number of hydrogen-bond donors (Lipinski definition) is 2. The molecule has 0 aromatic carbocycles. The molecule has 1 aromatic rings. The van der Waals surface area contributed by atoms with Gasteiger partial charge in [-0.05, 0) is 38.5 Å². The van der Waals surface area contributed by atoms with Crippen molar-refractivity contribution < 1.29 is 4.79 Å². The lowest BCUT2D eigenvalue weighted by atomic mass is 10.1. The van der Waals surface area contributed by atoms with Gasteiger partial charge >= 0.3 is 0 Å². The summed E-state index contributed by atoms with van der Waals surface area (Å²) < 4.78 is 0. The van der Waals surface area contributed by atoms with Gasteiger partial charge in [-0.1, -0.05) is 0 Å². The van der Waals surface area contributed by atoms with Crippen molar-refractivity contribution in [3.05, 3.63) is 17.7 Å². The fourth-order valence-corrected chi connectivity index (χ4v) is 2.77. The van der Waals surface area contributed by atoms with E-state index in [4.69, 9.17) is 5.73 Å². The Hall–Kier alpha value is -1.36. The second-order valence-corrected chi connectivity index (χ2v) is 5.50. The Bertz CT molecular complexity index is 452. The van der Waals surface area contributed by atoms with Gasteiger partial charge in [-0.15, -0.1) is 0 Å². The van der Waals surface area contributed by atoms with Crippen LogP contribution in [0.25, 0.3) is 0 Å². The van der Waals surface area contributed by atoms with E-state index < -0.39 is 0 Å². The first kappa shape index (κ1) is 11.7. The number of likely N-dealkylation sites (tertiary alicyclic amines) is 1. The summed E-state index contributed by atoms with van der Waals surface area (Å²) in [6, 6.07) is -0.211. The van der Waals surface area contributed by atoms with Crippen LogP contribution in [0.1, 0.15) is 43.2 Å². The van der Waals surface area contributed by atoms with Crippen LogP contribution in [0, 0.1) is 12.8 Å². The molecule has 2 aliphatic rings. The van der Waals surface area contributed by atoms with Crippen molar-refractivity contribution in [1.82, 2.24) is 14.9 Å². The van der Waals surface area contributed by atoms with E-state index in [0.717, 1.165) is 43.7 Å². The second kappa shape index (κ2) is 4.39. The smallest absolute Gasteiger partial charge is 0.240 e. The van der Waals surface area contributed by atoms with E-state index >= 15 is 0 Å². The van der Waals surface area contributed by atoms with Gasteiger partial charge in [0.25, 0.3) is 0 Å². The molecule has 0 spiro atoms. The van der Waals surface area contributed by atoms with Crippen LogP contribution in [0.2, 0.25) is 0 Å². The molecule has 2 heterocycles. The van der Waals surface area contributed by atoms with Crippen LogP contribution in [-0.4, -0.2) is 33.4 Å². The monoisotopic (exact) mass is 248 g/mol. The van der Waals surface area contributed by atoms with Gasteiger partial charge in [0.1, 0.15) is 5.82 Å². The first-order chi connectivity index (χ1) is 8.66. The Kier molecular flexibility index (Phi) is 2.86. The number of carbonyl (C=O) groups is 1. The van der Waals surface area contributed by atoms with E-state index in [9.17, 15) is 4.79 Å². The van der Waals surface area contributed by atoms with E-state index in [1.807, 2.05) is 18.0 Å². The first-order valence-electron chi connectivity index (χ1n) is 6.74. The average Bonchev–Trinajstić information content (AvgIpc) is 2.93. The quantitative estimate of drug-likeness (QED) is 0.841. The summed E-state index contributed by atoms with van der Waals surface area (Å²) in [6.07, 6.45) is 6.04. The van der Waals surface area contributed by atoms with Crippen molar-refractivity contribution in [1.29, 1.82) is 0 Å². The van der Waals surface area contributed by atoms with Crippen molar-refractivity contribution >= 4 is 5.91 Å². The third kappa shape index (κ3) is 2.03. The molecule has 1 saturated carbocycles. The molecule has 0 unspecified atom stereocenters. The Morgan fingerprint density at radius 1 is 1.56 bits per heavy atom. The van der Waals surface area contributed by atoms with E-state index in [0.29, 0.717) is 5.92 Å². The zero-order valence-electron chi connectivity index (χ0n) is 10.7. The number of aryl methyl sites for hydroxylation is 1. The highest BCUT2D eigenvalue weighted by Crippen LogP contribution is 2.36. The number of nitrogens with two attached hydrogens (primary N) is 1. The van der Waals surface area contributed by atoms with Crippen LogP contribution in [0.5, 0.6) is 0 Å². The van der Waals surface area contributed by atoms with Gasteiger partial charge in [-0.25, -0.2) is 4.98 Å². The van der Waals surface area contributed by atoms with Gasteiger partial charge in [0.05, 0.1) is 12.1 Å². The molecule has 3 rings (SSSR count). The number of nitrogens with one attached hydrogen (secondary N) is 1. The highest BCUT2D eigenvalue weighted by molar-refractivity contribution is 5.83. The molecular formula is C13H20N4O. The predicted octanol–water partition coefficient (Wildman–Crippen LogP) is 1.12. The first-order valence-corrected chi connectivity index (χ1v) is 6.74. The van der Waals surface area contributed by atoms with Crippen LogP contribution < -0.4 is 5.73 Å². The lowest BCUT2D eigenvalue weighted by molar-refractivity contribution is -0.134. The number of amides is 1. The fraction of sp³-hybridized carbons (Fsp3) is 0.692. The number of carbonyl (C=O) groups excluding carboxylic acids is 1. The van der Waals surface area contributed by atoms with Crippen molar-refractivity contribution in [3.8, 4) is 0 Å². The van der Waals surface area contributed by atoms with Gasteiger partial charge < -0.3 is 15.6 Å². The van der Waals surface area contributed by atoms with Crippen LogP contribution in [0.15, 0.2) is 6.20 Å². The maximum atomic E-state index is 12.4. The molecule has 98 valence electrons. The number of aromatic nitrogens is 2. The zero-order chi connectivity index (χ0) is 12.7. The SMILES string of the molecule is Cc1cnc([C@@H]2CCCN2C(=O)[C@@H](N)C2CC2)[nH]1. The lowest BCUT2D eigenvalue weighted by Gasteiger charge is -2.26. The predicted molar refractivity (Wildman–Crippen MR) is 67.7 cm³/mol. The fourth-order valence-electron chi connectivity index (χ4n) is 2.77. The Balaban J connectivity index is 1.76. The standard InChI is InChI=1S/C13H20N4O/c1-8-7-15-12(16-8)10-3-2-6-17(10)13(18)11(14)9-4-5-9/h7,9-11H,2-6,14H2,1H3,(H,15,16)/t10-,11-/m0/s1. The van der Waals surface area contributed by atoms with E-state index in [2.05, 4.69) is 9.97 Å². The van der Waals surface area contributed by atoms with Crippen LogP contribution in [-0.2, 0) is 4.79 Å². The number of nitrogens with zero attached hydrogens (tertiary/aromatic N) is 2. The summed E-state index contributed by atoms with van der Waals surface area (Å²) in [6.45, 7) is 2.79. The Morgan fingerprint density at radius 2 is 2.33 bits per heavy atom. The number of aromatic amines is 1. The highest BCUT2D eigenvalue weighted by Gasteiger charge is 2.40. The van der Waals surface area contributed by atoms with E-state index in [-0.39, 0.29) is 18.0 Å². The number of imidazole rings is 1. The molecule has 1 aliphatic heterocycles. The normalized spacial score (nSPS) is 25.4. The van der Waals surface area contributed by atoms with Crippen molar-refractivity contribution in [2.45, 2.75) is 44.7 Å². The van der Waals surface area contributed by atoms with E-state index in [1.165, 1.54) is 0 Å². The largest absolute Gasteiger partial charge is 0.344 e. The van der Waals surface area contributed by atoms with Crippen LogP contribution in [0.3, 0.4) is 0 Å². The molecule has 1 amide bonds. The molecule has 3 N–H and O–H groups in total. The van der Waals surface area contributed by atoms with Crippen LogP contribution >= 0.6 is 0 Å². The van der Waals surface area contributed by atoms with Crippen molar-refractivity contribution in [2.24, 2.45) is 11.7 Å². The summed E-state index contributed by atoms with van der Waals surface area (Å²) in [5, 5.41) is 0. The van der Waals surface area contributed by atoms with Gasteiger partial charge in [-0.2, -0.15) is 0 Å². The topological polar surface area (TPSA) is 75.0 Å².